The van der Waals surface area contributed by atoms with Crippen molar-refractivity contribution in [1.29, 1.82) is 5.26 Å². The molecule has 27 heavy (non-hydrogen) atoms. The number of hydrogen-bond acceptors (Lipinski definition) is 6. The number of aromatic nitrogens is 5. The minimum atomic E-state index is 0.650. The van der Waals surface area contributed by atoms with Crippen LogP contribution in [0.3, 0.4) is 0 Å². The first-order valence-corrected chi connectivity index (χ1v) is 9.23. The fourth-order valence-electron chi connectivity index (χ4n) is 2.58. The topological polar surface area (TPSA) is 80.3 Å². The average Bonchev–Trinajstić information content (AvgIpc) is 3.18. The lowest BCUT2D eigenvalue weighted by molar-refractivity contribution is 0.884. The molecule has 130 valence electrons. The average molecular weight is 370 g/mol. The molecule has 2 aromatic carbocycles. The van der Waals surface area contributed by atoms with Crippen molar-refractivity contribution in [3.8, 4) is 23.3 Å². The van der Waals surface area contributed by atoms with E-state index in [1.54, 1.807) is 30.4 Å². The summed E-state index contributed by atoms with van der Waals surface area (Å²) in [5.74, 6) is 1.37. The third-order valence-corrected chi connectivity index (χ3v) is 4.89. The molecule has 0 radical (unpaired) electrons. The number of para-hydroxylation sites is 1. The van der Waals surface area contributed by atoms with Crippen LogP contribution in [-0.2, 0) is 5.75 Å². The van der Waals surface area contributed by atoms with Gasteiger partial charge in [-0.1, -0.05) is 42.1 Å². The molecule has 4 aromatic rings. The Morgan fingerprint density at radius 2 is 1.78 bits per heavy atom. The van der Waals surface area contributed by atoms with Gasteiger partial charge in [0.1, 0.15) is 5.69 Å². The lowest BCUT2D eigenvalue weighted by Crippen LogP contribution is -2.00. The molecule has 0 spiro atoms. The maximum Gasteiger partial charge on any atom is 0.196 e. The number of hydrogen-bond donors (Lipinski definition) is 0. The van der Waals surface area contributed by atoms with E-state index in [-0.39, 0.29) is 0 Å². The normalized spacial score (nSPS) is 10.5. The number of thioether (sulfide) groups is 1. The predicted molar refractivity (Wildman–Crippen MR) is 103 cm³/mol. The summed E-state index contributed by atoms with van der Waals surface area (Å²) in [6.45, 7) is 0. The van der Waals surface area contributed by atoms with Crippen molar-refractivity contribution in [3.63, 3.8) is 0 Å². The summed E-state index contributed by atoms with van der Waals surface area (Å²) in [6.07, 6.45) is 4.95. The third kappa shape index (κ3) is 3.71. The highest BCUT2D eigenvalue weighted by molar-refractivity contribution is 7.98. The third-order valence-electron chi connectivity index (χ3n) is 3.89. The number of rotatable bonds is 5. The summed E-state index contributed by atoms with van der Waals surface area (Å²) < 4.78 is 1.98. The highest BCUT2D eigenvalue weighted by Gasteiger charge is 2.17. The Bertz CT molecular complexity index is 1070. The Labute approximate surface area is 160 Å². The van der Waals surface area contributed by atoms with Crippen molar-refractivity contribution in [2.45, 2.75) is 10.9 Å². The van der Waals surface area contributed by atoms with Crippen LogP contribution >= 0.6 is 11.8 Å². The largest absolute Gasteiger partial charge is 0.269 e. The zero-order chi connectivity index (χ0) is 18.5. The van der Waals surface area contributed by atoms with E-state index < -0.39 is 0 Å². The van der Waals surface area contributed by atoms with Crippen LogP contribution in [0.4, 0.5) is 0 Å². The quantitative estimate of drug-likeness (QED) is 0.496. The van der Waals surface area contributed by atoms with Crippen molar-refractivity contribution in [2.75, 3.05) is 0 Å². The van der Waals surface area contributed by atoms with Gasteiger partial charge in [-0.25, -0.2) is 4.98 Å². The Kier molecular flexibility index (Phi) is 4.90. The van der Waals surface area contributed by atoms with Gasteiger partial charge >= 0.3 is 0 Å². The smallest absolute Gasteiger partial charge is 0.196 e. The van der Waals surface area contributed by atoms with E-state index in [1.165, 1.54) is 0 Å². The zero-order valence-corrected chi connectivity index (χ0v) is 15.0. The highest BCUT2D eigenvalue weighted by Crippen LogP contribution is 2.28. The SMILES string of the molecule is N#Cc1ccc(CSc2nnc(-c3cnccn3)n2-c2ccccc2)cc1. The van der Waals surface area contributed by atoms with Crippen molar-refractivity contribution in [3.05, 3.63) is 84.3 Å². The van der Waals surface area contributed by atoms with Crippen LogP contribution in [0.2, 0.25) is 0 Å². The zero-order valence-electron chi connectivity index (χ0n) is 14.2. The van der Waals surface area contributed by atoms with Crippen LogP contribution in [0.5, 0.6) is 0 Å². The predicted octanol–water partition coefficient (Wildman–Crippen LogP) is 3.89. The van der Waals surface area contributed by atoms with Crippen LogP contribution in [-0.4, -0.2) is 24.7 Å². The second kappa shape index (κ2) is 7.81. The lowest BCUT2D eigenvalue weighted by Gasteiger charge is -2.09. The van der Waals surface area contributed by atoms with Gasteiger partial charge in [-0.05, 0) is 29.8 Å². The van der Waals surface area contributed by atoms with Crippen molar-refractivity contribution < 1.29 is 0 Å². The molecule has 0 unspecified atom stereocenters. The van der Waals surface area contributed by atoms with Crippen molar-refractivity contribution in [1.82, 2.24) is 24.7 Å². The van der Waals surface area contributed by atoms with E-state index in [0.717, 1.165) is 22.2 Å². The molecule has 0 saturated carbocycles. The molecule has 4 rings (SSSR count). The molecule has 0 atom stereocenters. The molecule has 0 saturated heterocycles. The van der Waals surface area contributed by atoms with Crippen LogP contribution in [0.1, 0.15) is 11.1 Å². The summed E-state index contributed by atoms with van der Waals surface area (Å²) in [7, 11) is 0. The Hall–Kier alpha value is -3.50. The molecule has 0 amide bonds. The summed E-state index contributed by atoms with van der Waals surface area (Å²) >= 11 is 1.58. The molecule has 7 heteroatoms. The first kappa shape index (κ1) is 16.9. The number of nitrogens with zero attached hydrogens (tertiary/aromatic N) is 6. The van der Waals surface area contributed by atoms with E-state index in [9.17, 15) is 0 Å². The van der Waals surface area contributed by atoms with E-state index >= 15 is 0 Å². The highest BCUT2D eigenvalue weighted by atomic mass is 32.2. The van der Waals surface area contributed by atoms with Gasteiger partial charge < -0.3 is 0 Å². The molecule has 2 aromatic heterocycles. The molecule has 0 fully saturated rings. The van der Waals surface area contributed by atoms with Crippen LogP contribution in [0, 0.1) is 11.3 Å². The van der Waals surface area contributed by atoms with Gasteiger partial charge in [-0.3, -0.25) is 9.55 Å². The summed E-state index contributed by atoms with van der Waals surface area (Å²) in [5.41, 5.74) is 3.40. The van der Waals surface area contributed by atoms with Crippen LogP contribution < -0.4 is 0 Å². The first-order chi connectivity index (χ1) is 13.3. The lowest BCUT2D eigenvalue weighted by atomic mass is 10.2. The van der Waals surface area contributed by atoms with Crippen molar-refractivity contribution in [2.24, 2.45) is 0 Å². The number of nitriles is 1. The standard InChI is InChI=1S/C20H14N6S/c21-12-15-6-8-16(9-7-15)14-27-20-25-24-19(18-13-22-10-11-23-18)26(20)17-4-2-1-3-5-17/h1-11,13H,14H2. The molecule has 6 nitrogen and oxygen atoms in total. The fraction of sp³-hybridized carbons (Fsp3) is 0.0500. The van der Waals surface area contributed by atoms with Gasteiger partial charge in [0.2, 0.25) is 0 Å². The second-order valence-electron chi connectivity index (χ2n) is 5.67. The molecule has 0 bridgehead atoms. The molecule has 2 heterocycles. The van der Waals surface area contributed by atoms with Gasteiger partial charge in [0, 0.05) is 23.8 Å². The fourth-order valence-corrected chi connectivity index (χ4v) is 3.48. The van der Waals surface area contributed by atoms with Gasteiger partial charge in [0.15, 0.2) is 11.0 Å². The Balaban J connectivity index is 1.68. The minimum absolute atomic E-state index is 0.650. The minimum Gasteiger partial charge on any atom is -0.269 e. The molecule has 0 N–H and O–H groups in total. The monoisotopic (exact) mass is 370 g/mol. The van der Waals surface area contributed by atoms with E-state index in [1.807, 2.05) is 59.2 Å². The Morgan fingerprint density at radius 3 is 2.48 bits per heavy atom. The van der Waals surface area contributed by atoms with Crippen molar-refractivity contribution >= 4 is 11.8 Å². The number of benzene rings is 2. The van der Waals surface area contributed by atoms with Gasteiger partial charge in [0.05, 0.1) is 17.8 Å². The summed E-state index contributed by atoms with van der Waals surface area (Å²) in [5, 5.41) is 18.4. The molecular formula is C20H14N6S. The van der Waals surface area contributed by atoms with Gasteiger partial charge in [0.25, 0.3) is 0 Å². The molecule has 0 aliphatic heterocycles. The second-order valence-corrected chi connectivity index (χ2v) is 6.61. The maximum absolute atomic E-state index is 8.92. The molecular weight excluding hydrogens is 356 g/mol. The van der Waals surface area contributed by atoms with E-state index in [2.05, 4.69) is 26.2 Å². The van der Waals surface area contributed by atoms with Gasteiger partial charge in [-0.2, -0.15) is 5.26 Å². The maximum atomic E-state index is 8.92. The van der Waals surface area contributed by atoms with Crippen LogP contribution in [0.25, 0.3) is 17.2 Å². The first-order valence-electron chi connectivity index (χ1n) is 8.24. The summed E-state index contributed by atoms with van der Waals surface area (Å²) in [4.78, 5) is 8.50. The summed E-state index contributed by atoms with van der Waals surface area (Å²) in [6, 6.07) is 19.6. The van der Waals surface area contributed by atoms with E-state index in [0.29, 0.717) is 17.1 Å². The molecule has 0 aliphatic carbocycles. The molecule has 0 aliphatic rings. The van der Waals surface area contributed by atoms with Crippen LogP contribution in [0.15, 0.2) is 78.3 Å². The Morgan fingerprint density at radius 1 is 0.963 bits per heavy atom. The van der Waals surface area contributed by atoms with Gasteiger partial charge in [-0.15, -0.1) is 10.2 Å². The van der Waals surface area contributed by atoms with E-state index in [4.69, 9.17) is 5.26 Å².